The molecule has 0 aliphatic carbocycles. The van der Waals surface area contributed by atoms with Crippen LogP contribution in [0.2, 0.25) is 0 Å². The summed E-state index contributed by atoms with van der Waals surface area (Å²) in [6.45, 7) is 5.81. The van der Waals surface area contributed by atoms with Crippen molar-refractivity contribution in [2.45, 2.75) is 84.5 Å². The Morgan fingerprint density at radius 3 is 1.34 bits per heavy atom. The molecular weight excluding hydrogens is 440 g/mol. The minimum atomic E-state index is -0.105. The zero-order chi connectivity index (χ0) is 25.1. The van der Waals surface area contributed by atoms with Crippen LogP contribution in [0.15, 0.2) is 48.5 Å². The zero-order valence-corrected chi connectivity index (χ0v) is 21.4. The molecule has 0 aromatic heterocycles. The molecule has 0 fully saturated rings. The number of rotatable bonds is 18. The van der Waals surface area contributed by atoms with E-state index in [0.717, 1.165) is 35.7 Å². The van der Waals surface area contributed by atoms with Crippen molar-refractivity contribution in [2.75, 3.05) is 23.8 Å². The van der Waals surface area contributed by atoms with Gasteiger partial charge in [0, 0.05) is 24.2 Å². The van der Waals surface area contributed by atoms with Gasteiger partial charge in [-0.25, -0.2) is 0 Å². The highest BCUT2D eigenvalue weighted by Crippen LogP contribution is 2.18. The number of unbranched alkanes of at least 4 members (excludes halogenated alkanes) is 6. The highest BCUT2D eigenvalue weighted by Gasteiger charge is 2.07. The number of benzene rings is 2. The maximum Gasteiger partial charge on any atom is 0.224 e. The number of carbonyl (C=O) groups is 2. The summed E-state index contributed by atoms with van der Waals surface area (Å²) in [7, 11) is 0. The summed E-state index contributed by atoms with van der Waals surface area (Å²) in [4.78, 5) is 24.4. The molecule has 0 unspecified atom stereocenters. The number of carbonyl (C=O) groups excluding carboxylic acids is 2. The van der Waals surface area contributed by atoms with Gasteiger partial charge in [-0.05, 0) is 67.8 Å². The van der Waals surface area contributed by atoms with Gasteiger partial charge in [-0.15, -0.1) is 0 Å². The van der Waals surface area contributed by atoms with Crippen molar-refractivity contribution in [3.05, 3.63) is 48.5 Å². The lowest BCUT2D eigenvalue weighted by Gasteiger charge is -2.09. The van der Waals surface area contributed by atoms with Crippen molar-refractivity contribution < 1.29 is 19.1 Å². The van der Waals surface area contributed by atoms with Crippen molar-refractivity contribution in [1.29, 1.82) is 0 Å². The smallest absolute Gasteiger partial charge is 0.224 e. The van der Waals surface area contributed by atoms with Crippen LogP contribution < -0.4 is 20.1 Å². The number of ether oxygens (including phenoxy) is 2. The topological polar surface area (TPSA) is 76.7 Å². The minimum Gasteiger partial charge on any atom is -0.494 e. The number of anilines is 2. The maximum absolute atomic E-state index is 12.2. The predicted octanol–water partition coefficient (Wildman–Crippen LogP) is 7.35. The van der Waals surface area contributed by atoms with Crippen molar-refractivity contribution in [1.82, 2.24) is 0 Å². The highest BCUT2D eigenvalue weighted by atomic mass is 16.5. The van der Waals surface area contributed by atoms with E-state index >= 15 is 0 Å². The largest absolute Gasteiger partial charge is 0.494 e. The molecule has 0 spiro atoms. The number of amides is 2. The summed E-state index contributed by atoms with van der Waals surface area (Å²) >= 11 is 0. The molecule has 2 amide bonds. The summed E-state index contributed by atoms with van der Waals surface area (Å²) < 4.78 is 11.4. The fourth-order valence-electron chi connectivity index (χ4n) is 3.56. The number of hydrogen-bond donors (Lipinski definition) is 2. The fraction of sp³-hybridized carbons (Fsp3) is 0.517. The van der Waals surface area contributed by atoms with Gasteiger partial charge < -0.3 is 20.1 Å². The van der Waals surface area contributed by atoms with Gasteiger partial charge in [0.1, 0.15) is 11.5 Å². The highest BCUT2D eigenvalue weighted by molar-refractivity contribution is 5.93. The van der Waals surface area contributed by atoms with Crippen LogP contribution in [0.1, 0.15) is 84.5 Å². The first-order chi connectivity index (χ1) is 17.1. The average Bonchev–Trinajstić information content (AvgIpc) is 2.86. The van der Waals surface area contributed by atoms with Crippen LogP contribution in [0.25, 0.3) is 0 Å². The summed E-state index contributed by atoms with van der Waals surface area (Å²) in [5.41, 5.74) is 1.45. The Labute approximate surface area is 210 Å². The van der Waals surface area contributed by atoms with Gasteiger partial charge in [-0.1, -0.05) is 52.4 Å². The molecule has 2 aromatic rings. The third-order valence-electron chi connectivity index (χ3n) is 5.62. The second-order valence-electron chi connectivity index (χ2n) is 8.82. The van der Waals surface area contributed by atoms with Gasteiger partial charge in [-0.2, -0.15) is 0 Å². The van der Waals surface area contributed by atoms with Crippen LogP contribution in [-0.2, 0) is 9.59 Å². The van der Waals surface area contributed by atoms with Crippen LogP contribution in [0.3, 0.4) is 0 Å². The number of nitrogens with one attached hydrogen (secondary N) is 2. The van der Waals surface area contributed by atoms with Gasteiger partial charge >= 0.3 is 0 Å². The maximum atomic E-state index is 12.2. The van der Waals surface area contributed by atoms with E-state index in [2.05, 4.69) is 24.5 Å². The Morgan fingerprint density at radius 1 is 0.571 bits per heavy atom. The fourth-order valence-corrected chi connectivity index (χ4v) is 3.56. The second-order valence-corrected chi connectivity index (χ2v) is 8.82. The van der Waals surface area contributed by atoms with Crippen LogP contribution in [-0.4, -0.2) is 25.0 Å². The van der Waals surface area contributed by atoms with Gasteiger partial charge in [-0.3, -0.25) is 9.59 Å². The lowest BCUT2D eigenvalue weighted by molar-refractivity contribution is -0.117. The quantitative estimate of drug-likeness (QED) is 0.218. The standard InChI is InChI=1S/C29H42N2O4/c1-3-5-7-9-22-34-26-18-14-24(15-19-26)30-28(32)12-11-13-29(33)31-25-16-20-27(21-17-25)35-23-10-8-6-4-2/h14-21H,3-13,22-23H2,1-2H3,(H,30,32)(H,31,33). The van der Waals surface area contributed by atoms with E-state index in [-0.39, 0.29) is 24.7 Å². The molecule has 0 saturated carbocycles. The molecule has 0 atom stereocenters. The molecule has 0 saturated heterocycles. The summed E-state index contributed by atoms with van der Waals surface area (Å²) in [6.07, 6.45) is 10.4. The molecule has 192 valence electrons. The molecule has 6 nitrogen and oxygen atoms in total. The van der Waals surface area contributed by atoms with Gasteiger partial charge in [0.15, 0.2) is 0 Å². The predicted molar refractivity (Wildman–Crippen MR) is 143 cm³/mol. The molecular formula is C29H42N2O4. The Balaban J connectivity index is 1.59. The summed E-state index contributed by atoms with van der Waals surface area (Å²) in [5.74, 6) is 1.41. The molecule has 35 heavy (non-hydrogen) atoms. The molecule has 0 heterocycles. The van der Waals surface area contributed by atoms with Gasteiger partial charge in [0.25, 0.3) is 0 Å². The lowest BCUT2D eigenvalue weighted by atomic mass is 10.2. The third kappa shape index (κ3) is 12.9. The first-order valence-corrected chi connectivity index (χ1v) is 13.2. The minimum absolute atomic E-state index is 0.105. The van der Waals surface area contributed by atoms with Crippen LogP contribution >= 0.6 is 0 Å². The first kappa shape index (κ1) is 28.2. The molecule has 2 aromatic carbocycles. The Hall–Kier alpha value is -3.02. The zero-order valence-electron chi connectivity index (χ0n) is 21.4. The van der Waals surface area contributed by atoms with E-state index < -0.39 is 0 Å². The second kappa shape index (κ2) is 17.4. The molecule has 0 aliphatic rings. The normalized spacial score (nSPS) is 10.6. The SMILES string of the molecule is CCCCCCOc1ccc(NC(=O)CCCC(=O)Nc2ccc(OCCCCCC)cc2)cc1. The van der Waals surface area contributed by atoms with E-state index in [1.807, 2.05) is 48.5 Å². The van der Waals surface area contributed by atoms with Crippen molar-refractivity contribution in [2.24, 2.45) is 0 Å². The van der Waals surface area contributed by atoms with Gasteiger partial charge in [0.05, 0.1) is 13.2 Å². The van der Waals surface area contributed by atoms with E-state index in [1.54, 1.807) is 0 Å². The van der Waals surface area contributed by atoms with Crippen molar-refractivity contribution in [3.8, 4) is 11.5 Å². The molecule has 2 N–H and O–H groups in total. The molecule has 0 aliphatic heterocycles. The Bertz CT molecular complexity index is 778. The summed E-state index contributed by atoms with van der Waals surface area (Å²) in [6, 6.07) is 14.8. The average molecular weight is 483 g/mol. The van der Waals surface area contributed by atoms with E-state index in [1.165, 1.54) is 38.5 Å². The van der Waals surface area contributed by atoms with Gasteiger partial charge in [0.2, 0.25) is 11.8 Å². The lowest BCUT2D eigenvalue weighted by Crippen LogP contribution is -2.14. The molecule has 6 heteroatoms. The molecule has 0 bridgehead atoms. The van der Waals surface area contributed by atoms with Crippen molar-refractivity contribution >= 4 is 23.2 Å². The Kier molecular flexibility index (Phi) is 14.0. The number of hydrogen-bond acceptors (Lipinski definition) is 4. The monoisotopic (exact) mass is 482 g/mol. The van der Waals surface area contributed by atoms with Crippen LogP contribution in [0.5, 0.6) is 11.5 Å². The van der Waals surface area contributed by atoms with E-state index in [0.29, 0.717) is 19.6 Å². The first-order valence-electron chi connectivity index (χ1n) is 13.2. The van der Waals surface area contributed by atoms with E-state index in [9.17, 15) is 9.59 Å². The van der Waals surface area contributed by atoms with Crippen molar-refractivity contribution in [3.63, 3.8) is 0 Å². The third-order valence-corrected chi connectivity index (χ3v) is 5.62. The molecule has 2 rings (SSSR count). The summed E-state index contributed by atoms with van der Waals surface area (Å²) in [5, 5.41) is 5.74. The Morgan fingerprint density at radius 2 is 0.971 bits per heavy atom. The molecule has 0 radical (unpaired) electrons. The van der Waals surface area contributed by atoms with Crippen LogP contribution in [0.4, 0.5) is 11.4 Å². The van der Waals surface area contributed by atoms with Crippen LogP contribution in [0, 0.1) is 0 Å². The van der Waals surface area contributed by atoms with E-state index in [4.69, 9.17) is 9.47 Å².